The van der Waals surface area contributed by atoms with Gasteiger partial charge in [-0.05, 0) is 65.5 Å². The molecule has 2 rings (SSSR count). The van der Waals surface area contributed by atoms with Crippen molar-refractivity contribution >= 4 is 33.3 Å². The van der Waals surface area contributed by atoms with E-state index in [1.54, 1.807) is 18.4 Å². The number of hydrogen-bond donors (Lipinski definition) is 2. The summed E-state index contributed by atoms with van der Waals surface area (Å²) in [6, 6.07) is 11.9. The van der Waals surface area contributed by atoms with Gasteiger partial charge in [-0.15, -0.1) is 11.3 Å². The van der Waals surface area contributed by atoms with Crippen molar-refractivity contribution in [3.63, 3.8) is 0 Å². The summed E-state index contributed by atoms with van der Waals surface area (Å²) < 4.78 is 6.33. The first kappa shape index (κ1) is 17.8. The predicted molar refractivity (Wildman–Crippen MR) is 98.4 cm³/mol. The molecular formula is C17H21BrN2O2S. The van der Waals surface area contributed by atoms with Crippen LogP contribution in [0.1, 0.15) is 17.4 Å². The van der Waals surface area contributed by atoms with E-state index in [4.69, 9.17) is 4.74 Å². The Hall–Kier alpha value is -1.53. The van der Waals surface area contributed by atoms with Crippen LogP contribution in [-0.2, 0) is 12.8 Å². The molecule has 0 saturated heterocycles. The normalized spacial score (nSPS) is 11.8. The Bertz CT molecular complexity index is 645. The van der Waals surface area contributed by atoms with Gasteiger partial charge in [0.2, 0.25) is 0 Å². The van der Waals surface area contributed by atoms with Gasteiger partial charge in [0.25, 0.3) is 0 Å². The van der Waals surface area contributed by atoms with Gasteiger partial charge >= 0.3 is 6.03 Å². The van der Waals surface area contributed by atoms with Crippen molar-refractivity contribution in [1.29, 1.82) is 0 Å². The third-order valence-electron chi connectivity index (χ3n) is 3.34. The van der Waals surface area contributed by atoms with Crippen LogP contribution in [0.2, 0.25) is 0 Å². The Morgan fingerprint density at radius 1 is 1.35 bits per heavy atom. The standard InChI is InChI=1S/C17H21BrN2O2S/c1-12(10-13-4-3-5-14(11-13)22-2)20-17(21)19-9-8-15-6-7-16(18)23-15/h3-7,11-12H,8-10H2,1-2H3,(H2,19,20,21). The summed E-state index contributed by atoms with van der Waals surface area (Å²) in [6.45, 7) is 2.63. The summed E-state index contributed by atoms with van der Waals surface area (Å²) in [5.41, 5.74) is 1.14. The maximum Gasteiger partial charge on any atom is 0.315 e. The number of rotatable bonds is 7. The van der Waals surface area contributed by atoms with Crippen LogP contribution in [0.15, 0.2) is 40.2 Å². The van der Waals surface area contributed by atoms with Gasteiger partial charge in [0.1, 0.15) is 5.75 Å². The van der Waals surface area contributed by atoms with Crippen LogP contribution in [0.4, 0.5) is 4.79 Å². The largest absolute Gasteiger partial charge is 0.497 e. The lowest BCUT2D eigenvalue weighted by Gasteiger charge is -2.15. The zero-order valence-corrected chi connectivity index (χ0v) is 15.7. The number of carbonyl (C=O) groups is 1. The summed E-state index contributed by atoms with van der Waals surface area (Å²) in [6.07, 6.45) is 1.61. The number of thiophene rings is 1. The third-order valence-corrected chi connectivity index (χ3v) is 5.02. The molecule has 0 aliphatic rings. The monoisotopic (exact) mass is 396 g/mol. The van der Waals surface area contributed by atoms with Gasteiger partial charge in [-0.25, -0.2) is 4.79 Å². The van der Waals surface area contributed by atoms with Gasteiger partial charge in [-0.3, -0.25) is 0 Å². The zero-order chi connectivity index (χ0) is 16.7. The second-order valence-electron chi connectivity index (χ2n) is 5.31. The first-order valence-electron chi connectivity index (χ1n) is 7.48. The lowest BCUT2D eigenvalue weighted by Crippen LogP contribution is -2.42. The number of nitrogens with one attached hydrogen (secondary N) is 2. The maximum absolute atomic E-state index is 11.9. The summed E-state index contributed by atoms with van der Waals surface area (Å²) in [5, 5.41) is 5.86. The minimum Gasteiger partial charge on any atom is -0.497 e. The van der Waals surface area contributed by atoms with E-state index in [9.17, 15) is 4.79 Å². The van der Waals surface area contributed by atoms with E-state index in [-0.39, 0.29) is 12.1 Å². The third kappa shape index (κ3) is 6.23. The Morgan fingerprint density at radius 2 is 2.17 bits per heavy atom. The van der Waals surface area contributed by atoms with Gasteiger partial charge in [-0.2, -0.15) is 0 Å². The number of halogens is 1. The van der Waals surface area contributed by atoms with Gasteiger partial charge < -0.3 is 15.4 Å². The molecule has 2 N–H and O–H groups in total. The average Bonchev–Trinajstić information content (AvgIpc) is 2.92. The number of urea groups is 1. The van der Waals surface area contributed by atoms with E-state index in [0.717, 1.165) is 27.9 Å². The van der Waals surface area contributed by atoms with E-state index >= 15 is 0 Å². The van der Waals surface area contributed by atoms with E-state index < -0.39 is 0 Å². The van der Waals surface area contributed by atoms with Crippen LogP contribution >= 0.6 is 27.3 Å². The van der Waals surface area contributed by atoms with E-state index in [1.165, 1.54) is 4.88 Å². The Labute approximate surface area is 149 Å². The van der Waals surface area contributed by atoms with Crippen LogP contribution in [0.25, 0.3) is 0 Å². The summed E-state index contributed by atoms with van der Waals surface area (Å²) in [5.74, 6) is 0.835. The highest BCUT2D eigenvalue weighted by molar-refractivity contribution is 9.11. The van der Waals surface area contributed by atoms with Gasteiger partial charge in [-0.1, -0.05) is 12.1 Å². The summed E-state index contributed by atoms with van der Waals surface area (Å²) in [4.78, 5) is 13.2. The molecule has 0 saturated carbocycles. The first-order chi connectivity index (χ1) is 11.1. The van der Waals surface area contributed by atoms with Crippen LogP contribution in [-0.4, -0.2) is 25.7 Å². The number of carbonyl (C=O) groups excluding carboxylic acids is 1. The SMILES string of the molecule is COc1cccc(CC(C)NC(=O)NCCc2ccc(Br)s2)c1. The zero-order valence-electron chi connectivity index (χ0n) is 13.3. The van der Waals surface area contributed by atoms with Crippen LogP contribution in [0.3, 0.4) is 0 Å². The van der Waals surface area contributed by atoms with Crippen molar-refractivity contribution in [3.8, 4) is 5.75 Å². The number of benzene rings is 1. The van der Waals surface area contributed by atoms with E-state index in [1.807, 2.05) is 37.3 Å². The minimum absolute atomic E-state index is 0.0537. The highest BCUT2D eigenvalue weighted by Gasteiger charge is 2.08. The summed E-state index contributed by atoms with van der Waals surface area (Å²) in [7, 11) is 1.65. The van der Waals surface area contributed by atoms with E-state index in [2.05, 4.69) is 32.6 Å². The fourth-order valence-electron chi connectivity index (χ4n) is 2.26. The van der Waals surface area contributed by atoms with Crippen molar-refractivity contribution in [2.75, 3.05) is 13.7 Å². The predicted octanol–water partition coefficient (Wildman–Crippen LogP) is 3.99. The Balaban J connectivity index is 1.71. The lowest BCUT2D eigenvalue weighted by atomic mass is 10.1. The molecule has 0 bridgehead atoms. The van der Waals surface area contributed by atoms with Crippen molar-refractivity contribution in [2.24, 2.45) is 0 Å². The molecule has 23 heavy (non-hydrogen) atoms. The molecule has 124 valence electrons. The number of amides is 2. The lowest BCUT2D eigenvalue weighted by molar-refractivity contribution is 0.238. The fourth-order valence-corrected chi connectivity index (χ4v) is 3.75. The molecular weight excluding hydrogens is 376 g/mol. The molecule has 1 aromatic heterocycles. The molecule has 4 nitrogen and oxygen atoms in total. The van der Waals surface area contributed by atoms with Gasteiger partial charge in [0.05, 0.1) is 10.9 Å². The van der Waals surface area contributed by atoms with Crippen LogP contribution in [0.5, 0.6) is 5.75 Å². The topological polar surface area (TPSA) is 50.4 Å². The molecule has 0 aliphatic heterocycles. The average molecular weight is 397 g/mol. The molecule has 0 radical (unpaired) electrons. The van der Waals surface area contributed by atoms with Gasteiger partial charge in [0, 0.05) is 17.5 Å². The molecule has 1 heterocycles. The van der Waals surface area contributed by atoms with Crippen molar-refractivity contribution in [2.45, 2.75) is 25.8 Å². The molecule has 2 amide bonds. The second kappa shape index (κ2) is 8.93. The van der Waals surface area contributed by atoms with Crippen molar-refractivity contribution < 1.29 is 9.53 Å². The molecule has 2 aromatic rings. The van der Waals surface area contributed by atoms with Crippen LogP contribution in [0, 0.1) is 0 Å². The first-order valence-corrected chi connectivity index (χ1v) is 9.09. The molecule has 0 spiro atoms. The molecule has 1 aromatic carbocycles. The highest BCUT2D eigenvalue weighted by Crippen LogP contribution is 2.22. The number of hydrogen-bond acceptors (Lipinski definition) is 3. The second-order valence-corrected chi connectivity index (χ2v) is 7.86. The molecule has 6 heteroatoms. The summed E-state index contributed by atoms with van der Waals surface area (Å²) >= 11 is 5.13. The van der Waals surface area contributed by atoms with E-state index in [0.29, 0.717) is 6.54 Å². The smallest absolute Gasteiger partial charge is 0.315 e. The molecule has 0 fully saturated rings. The molecule has 1 atom stereocenters. The maximum atomic E-state index is 11.9. The van der Waals surface area contributed by atoms with Gasteiger partial charge in [0.15, 0.2) is 0 Å². The van der Waals surface area contributed by atoms with Crippen molar-refractivity contribution in [3.05, 3.63) is 50.6 Å². The Morgan fingerprint density at radius 3 is 2.87 bits per heavy atom. The minimum atomic E-state index is -0.129. The Kier molecular flexibility index (Phi) is 6.92. The van der Waals surface area contributed by atoms with Crippen LogP contribution < -0.4 is 15.4 Å². The number of methoxy groups -OCH3 is 1. The quantitative estimate of drug-likeness (QED) is 0.742. The fraction of sp³-hybridized carbons (Fsp3) is 0.353. The number of ether oxygens (including phenoxy) is 1. The van der Waals surface area contributed by atoms with Crippen molar-refractivity contribution in [1.82, 2.24) is 10.6 Å². The molecule has 1 unspecified atom stereocenters. The molecule has 0 aliphatic carbocycles. The highest BCUT2D eigenvalue weighted by atomic mass is 79.9.